The second-order valence-electron chi connectivity index (χ2n) is 5.06. The number of nitrogens with zero attached hydrogens (tertiary/aromatic N) is 1. The first-order valence-electron chi connectivity index (χ1n) is 6.53. The molecule has 0 radical (unpaired) electrons. The van der Waals surface area contributed by atoms with Crippen LogP contribution >= 0.6 is 0 Å². The van der Waals surface area contributed by atoms with E-state index in [1.807, 2.05) is 37.4 Å². The third-order valence-corrected chi connectivity index (χ3v) is 5.35. The van der Waals surface area contributed by atoms with E-state index in [9.17, 15) is 8.42 Å². The highest BCUT2D eigenvalue weighted by Gasteiger charge is 2.33. The molecule has 5 heteroatoms. The molecule has 2 heterocycles. The molecule has 1 unspecified atom stereocenters. The molecule has 1 aliphatic rings. The number of fused-ring (bicyclic) bond motifs is 1. The van der Waals surface area contributed by atoms with E-state index in [0.29, 0.717) is 11.4 Å². The first-order chi connectivity index (χ1) is 9.56. The average molecular weight is 288 g/mol. The van der Waals surface area contributed by atoms with Gasteiger partial charge in [-0.1, -0.05) is 24.3 Å². The largest absolute Gasteiger partial charge is 0.305 e. The van der Waals surface area contributed by atoms with E-state index in [1.165, 1.54) is 0 Å². The number of rotatable bonds is 3. The van der Waals surface area contributed by atoms with E-state index in [0.717, 1.165) is 16.8 Å². The van der Waals surface area contributed by atoms with E-state index in [1.54, 1.807) is 12.1 Å². The highest BCUT2D eigenvalue weighted by molar-refractivity contribution is 7.91. The lowest BCUT2D eigenvalue weighted by molar-refractivity contribution is 0.566. The van der Waals surface area contributed by atoms with Crippen LogP contribution < -0.4 is 5.32 Å². The lowest BCUT2D eigenvalue weighted by Crippen LogP contribution is -2.22. The number of benzene rings is 1. The van der Waals surface area contributed by atoms with Gasteiger partial charge in [-0.15, -0.1) is 0 Å². The van der Waals surface area contributed by atoms with E-state index < -0.39 is 9.84 Å². The molecule has 0 bridgehead atoms. The van der Waals surface area contributed by atoms with Crippen LogP contribution in [-0.2, 0) is 16.4 Å². The molecule has 20 heavy (non-hydrogen) atoms. The molecule has 0 aliphatic carbocycles. The maximum atomic E-state index is 12.1. The van der Waals surface area contributed by atoms with Crippen LogP contribution in [0.5, 0.6) is 0 Å². The minimum absolute atomic E-state index is 0.131. The Morgan fingerprint density at radius 3 is 2.80 bits per heavy atom. The summed E-state index contributed by atoms with van der Waals surface area (Å²) in [6.45, 7) is 2.55. The summed E-state index contributed by atoms with van der Waals surface area (Å²) >= 11 is 0. The zero-order chi connectivity index (χ0) is 14.2. The number of aromatic nitrogens is 1. The fourth-order valence-corrected chi connectivity index (χ4v) is 4.23. The Morgan fingerprint density at radius 2 is 2.05 bits per heavy atom. The van der Waals surface area contributed by atoms with Gasteiger partial charge in [0.05, 0.1) is 10.6 Å². The third kappa shape index (κ3) is 2.46. The van der Waals surface area contributed by atoms with Gasteiger partial charge in [0, 0.05) is 24.5 Å². The van der Waals surface area contributed by atoms with Crippen LogP contribution in [0.2, 0.25) is 0 Å². The summed E-state index contributed by atoms with van der Waals surface area (Å²) in [5, 5.41) is 3.31. The van der Waals surface area contributed by atoms with Crippen molar-refractivity contribution in [3.8, 4) is 0 Å². The van der Waals surface area contributed by atoms with Crippen LogP contribution in [0.4, 0.5) is 0 Å². The smallest absolute Gasteiger partial charge is 0.180 e. The van der Waals surface area contributed by atoms with Crippen LogP contribution in [0.1, 0.15) is 22.9 Å². The van der Waals surface area contributed by atoms with E-state index in [-0.39, 0.29) is 11.8 Å². The van der Waals surface area contributed by atoms with Crippen molar-refractivity contribution in [3.63, 3.8) is 0 Å². The second-order valence-corrected chi connectivity index (χ2v) is 7.06. The number of nitrogens with one attached hydrogen (secondary N) is 1. The average Bonchev–Trinajstić information content (AvgIpc) is 2.70. The number of pyridine rings is 1. The van der Waals surface area contributed by atoms with Gasteiger partial charge in [-0.3, -0.25) is 4.98 Å². The summed E-state index contributed by atoms with van der Waals surface area (Å²) in [5.74, 6) is 0.131. The summed E-state index contributed by atoms with van der Waals surface area (Å²) in [7, 11) is -3.14. The van der Waals surface area contributed by atoms with Crippen LogP contribution in [0.15, 0.2) is 47.5 Å². The number of hydrogen-bond donors (Lipinski definition) is 1. The van der Waals surface area contributed by atoms with E-state index in [4.69, 9.17) is 0 Å². The molecule has 1 aliphatic heterocycles. The van der Waals surface area contributed by atoms with Crippen LogP contribution in [-0.4, -0.2) is 19.2 Å². The molecule has 1 N–H and O–H groups in total. The van der Waals surface area contributed by atoms with Crippen molar-refractivity contribution in [1.29, 1.82) is 0 Å². The van der Waals surface area contributed by atoms with Gasteiger partial charge >= 0.3 is 0 Å². The summed E-state index contributed by atoms with van der Waals surface area (Å²) < 4.78 is 24.1. The number of aryl methyl sites for hydroxylation is 1. The molecule has 104 valence electrons. The fraction of sp³-hybridized carbons (Fsp3) is 0.267. The lowest BCUT2D eigenvalue weighted by Gasteiger charge is -2.12. The summed E-state index contributed by atoms with van der Waals surface area (Å²) in [5.41, 5.74) is 2.90. The molecule has 0 saturated carbocycles. The maximum absolute atomic E-state index is 12.1. The minimum Gasteiger partial charge on any atom is -0.305 e. The van der Waals surface area contributed by atoms with Crippen molar-refractivity contribution in [2.75, 3.05) is 5.75 Å². The van der Waals surface area contributed by atoms with E-state index in [2.05, 4.69) is 10.3 Å². The molecule has 3 rings (SSSR count). The van der Waals surface area contributed by atoms with Crippen molar-refractivity contribution in [2.24, 2.45) is 0 Å². The standard InChI is InChI=1S/C15H16N2O2S/c1-11-6-7-12(8-16-11)9-17-14-10-20(18,19)15-5-3-2-4-13(14)15/h2-8,14,17H,9-10H2,1H3. The van der Waals surface area contributed by atoms with Crippen molar-refractivity contribution < 1.29 is 8.42 Å². The molecule has 0 spiro atoms. The molecule has 1 aromatic carbocycles. The highest BCUT2D eigenvalue weighted by Crippen LogP contribution is 2.33. The Kier molecular flexibility index (Phi) is 3.31. The van der Waals surface area contributed by atoms with Crippen LogP contribution in [0.3, 0.4) is 0 Å². The monoisotopic (exact) mass is 288 g/mol. The van der Waals surface area contributed by atoms with Gasteiger partial charge in [0.2, 0.25) is 0 Å². The van der Waals surface area contributed by atoms with Gasteiger partial charge in [0.1, 0.15) is 0 Å². The van der Waals surface area contributed by atoms with Crippen molar-refractivity contribution in [3.05, 3.63) is 59.4 Å². The quantitative estimate of drug-likeness (QED) is 0.938. The third-order valence-electron chi connectivity index (χ3n) is 3.54. The zero-order valence-electron chi connectivity index (χ0n) is 11.2. The molecule has 1 aromatic heterocycles. The molecule has 4 nitrogen and oxygen atoms in total. The second kappa shape index (κ2) is 5.00. The SMILES string of the molecule is Cc1ccc(CNC2CS(=O)(=O)c3ccccc32)cn1. The molecular formula is C15H16N2O2S. The summed E-state index contributed by atoms with van der Waals surface area (Å²) in [6.07, 6.45) is 1.82. The van der Waals surface area contributed by atoms with Crippen molar-refractivity contribution >= 4 is 9.84 Å². The van der Waals surface area contributed by atoms with Crippen molar-refractivity contribution in [2.45, 2.75) is 24.4 Å². The van der Waals surface area contributed by atoms with Crippen molar-refractivity contribution in [1.82, 2.24) is 10.3 Å². The zero-order valence-corrected chi connectivity index (χ0v) is 12.0. The Balaban J connectivity index is 1.78. The molecule has 0 saturated heterocycles. The van der Waals surface area contributed by atoms with Gasteiger partial charge in [-0.2, -0.15) is 0 Å². The molecular weight excluding hydrogens is 272 g/mol. The lowest BCUT2D eigenvalue weighted by atomic mass is 10.1. The summed E-state index contributed by atoms with van der Waals surface area (Å²) in [6, 6.07) is 11.0. The molecule has 2 aromatic rings. The Hall–Kier alpha value is -1.72. The highest BCUT2D eigenvalue weighted by atomic mass is 32.2. The predicted molar refractivity (Wildman–Crippen MR) is 77.0 cm³/mol. The molecule has 0 fully saturated rings. The minimum atomic E-state index is -3.14. The van der Waals surface area contributed by atoms with E-state index >= 15 is 0 Å². The maximum Gasteiger partial charge on any atom is 0.180 e. The van der Waals surface area contributed by atoms with Gasteiger partial charge in [0.15, 0.2) is 9.84 Å². The van der Waals surface area contributed by atoms with Gasteiger partial charge in [0.25, 0.3) is 0 Å². The topological polar surface area (TPSA) is 59.1 Å². The normalized spacial score (nSPS) is 19.8. The predicted octanol–water partition coefficient (Wildman–Crippen LogP) is 2.01. The van der Waals surface area contributed by atoms with Crippen LogP contribution in [0.25, 0.3) is 0 Å². The first-order valence-corrected chi connectivity index (χ1v) is 8.18. The molecule has 0 amide bonds. The Bertz CT molecular complexity index is 724. The van der Waals surface area contributed by atoms with Gasteiger partial charge < -0.3 is 5.32 Å². The van der Waals surface area contributed by atoms with Crippen LogP contribution in [0, 0.1) is 6.92 Å². The summed E-state index contributed by atoms with van der Waals surface area (Å²) in [4.78, 5) is 4.70. The Morgan fingerprint density at radius 1 is 1.25 bits per heavy atom. The Labute approximate surface area is 118 Å². The number of sulfone groups is 1. The first kappa shape index (κ1) is 13.3. The number of hydrogen-bond acceptors (Lipinski definition) is 4. The molecule has 1 atom stereocenters. The van der Waals surface area contributed by atoms with Gasteiger partial charge in [-0.05, 0) is 30.2 Å². The fourth-order valence-electron chi connectivity index (χ4n) is 2.46. The van der Waals surface area contributed by atoms with Gasteiger partial charge in [-0.25, -0.2) is 8.42 Å².